The third-order valence-corrected chi connectivity index (χ3v) is 5.01. The smallest absolute Gasteiger partial charge is 0.336 e. The Kier molecular flexibility index (Phi) is 4.19. The zero-order valence-electron chi connectivity index (χ0n) is 15.2. The second-order valence-corrected chi connectivity index (χ2v) is 7.04. The molecule has 1 aromatic carbocycles. The van der Waals surface area contributed by atoms with E-state index in [1.165, 1.54) is 13.2 Å². The van der Waals surface area contributed by atoms with Crippen LogP contribution >= 0.6 is 0 Å². The molecule has 0 spiro atoms. The average Bonchev–Trinajstić information content (AvgIpc) is 3.16. The van der Waals surface area contributed by atoms with Crippen molar-refractivity contribution >= 4 is 16.9 Å². The first-order valence-electron chi connectivity index (χ1n) is 8.70. The Labute approximate surface area is 155 Å². The van der Waals surface area contributed by atoms with Crippen LogP contribution in [-0.2, 0) is 14.3 Å². The number of carbonyl (C=O) groups is 1. The van der Waals surface area contributed by atoms with Crippen molar-refractivity contribution in [2.75, 3.05) is 13.7 Å². The highest BCUT2D eigenvalue weighted by molar-refractivity contribution is 5.90. The molecule has 3 atom stereocenters. The van der Waals surface area contributed by atoms with Crippen molar-refractivity contribution in [3.63, 3.8) is 0 Å². The molecule has 2 fully saturated rings. The molecule has 0 bridgehead atoms. The summed E-state index contributed by atoms with van der Waals surface area (Å²) >= 11 is 0. The maximum absolute atomic E-state index is 11.5. The van der Waals surface area contributed by atoms with Gasteiger partial charge < -0.3 is 23.4 Å². The van der Waals surface area contributed by atoms with Crippen LogP contribution in [0.4, 0.5) is 0 Å². The SMILES string of the molecule is C=C1CC(CC2(C)OC2COc2ccc3ccc(=O)oc3c2OC)OC1=O. The number of ether oxygens (including phenoxy) is 4. The molecule has 3 heterocycles. The molecule has 2 aliphatic rings. The van der Waals surface area contributed by atoms with E-state index < -0.39 is 11.2 Å². The number of methoxy groups -OCH3 is 1. The molecule has 4 rings (SSSR count). The minimum atomic E-state index is -0.455. The molecule has 0 amide bonds. The second-order valence-electron chi connectivity index (χ2n) is 7.04. The highest BCUT2D eigenvalue weighted by Crippen LogP contribution is 2.44. The summed E-state index contributed by atoms with van der Waals surface area (Å²) in [4.78, 5) is 23.0. The number of hydrogen-bond donors (Lipinski definition) is 0. The number of carbonyl (C=O) groups excluding carboxylic acids is 1. The van der Waals surface area contributed by atoms with Crippen LogP contribution in [0.3, 0.4) is 0 Å². The summed E-state index contributed by atoms with van der Waals surface area (Å²) in [6.45, 7) is 5.96. The Balaban J connectivity index is 1.43. The molecule has 3 unspecified atom stereocenters. The zero-order valence-corrected chi connectivity index (χ0v) is 15.2. The van der Waals surface area contributed by atoms with Crippen molar-refractivity contribution in [2.45, 2.75) is 37.6 Å². The van der Waals surface area contributed by atoms with Crippen LogP contribution in [0.1, 0.15) is 19.8 Å². The number of esters is 1. The van der Waals surface area contributed by atoms with Crippen LogP contribution in [-0.4, -0.2) is 37.5 Å². The highest BCUT2D eigenvalue weighted by Gasteiger charge is 2.55. The normalized spacial score (nSPS) is 26.9. The third-order valence-electron chi connectivity index (χ3n) is 5.01. The summed E-state index contributed by atoms with van der Waals surface area (Å²) < 4.78 is 27.6. The maximum atomic E-state index is 11.5. The molecule has 7 heteroatoms. The van der Waals surface area contributed by atoms with Gasteiger partial charge in [0.1, 0.15) is 18.8 Å². The van der Waals surface area contributed by atoms with E-state index in [1.54, 1.807) is 18.2 Å². The van der Waals surface area contributed by atoms with E-state index in [0.29, 0.717) is 42.1 Å². The van der Waals surface area contributed by atoms with E-state index in [1.807, 2.05) is 6.92 Å². The van der Waals surface area contributed by atoms with E-state index in [9.17, 15) is 9.59 Å². The standard InChI is InChI=1S/C20H20O7/c1-11-8-13(25-19(11)22)9-20(2)15(27-20)10-24-14-6-4-12-5-7-16(21)26-17(12)18(14)23-3/h4-7,13,15H,1,8-10H2,2-3H3. The number of benzene rings is 1. The molecule has 0 saturated carbocycles. The third kappa shape index (κ3) is 3.30. The highest BCUT2D eigenvalue weighted by atomic mass is 16.6. The lowest BCUT2D eigenvalue weighted by Crippen LogP contribution is -2.22. The zero-order chi connectivity index (χ0) is 19.2. The van der Waals surface area contributed by atoms with Gasteiger partial charge in [-0.3, -0.25) is 0 Å². The number of hydrogen-bond acceptors (Lipinski definition) is 7. The van der Waals surface area contributed by atoms with Crippen LogP contribution in [0.2, 0.25) is 0 Å². The average molecular weight is 372 g/mol. The first-order valence-corrected chi connectivity index (χ1v) is 8.70. The molecule has 0 aliphatic carbocycles. The molecule has 2 aromatic rings. The Bertz CT molecular complexity index is 960. The predicted octanol–water partition coefficient (Wildman–Crippen LogP) is 2.60. The van der Waals surface area contributed by atoms with Crippen molar-refractivity contribution in [1.82, 2.24) is 0 Å². The van der Waals surface area contributed by atoms with Gasteiger partial charge in [0.2, 0.25) is 5.75 Å². The Morgan fingerprint density at radius 3 is 2.74 bits per heavy atom. The first kappa shape index (κ1) is 17.6. The molecule has 27 heavy (non-hydrogen) atoms. The Hall–Kier alpha value is -2.80. The van der Waals surface area contributed by atoms with Gasteiger partial charge in [-0.25, -0.2) is 9.59 Å². The summed E-state index contributed by atoms with van der Waals surface area (Å²) in [5.74, 6) is 0.505. The fraction of sp³-hybridized carbons (Fsp3) is 0.400. The van der Waals surface area contributed by atoms with Crippen LogP contribution in [0, 0.1) is 0 Å². The summed E-state index contributed by atoms with van der Waals surface area (Å²) in [5, 5.41) is 0.745. The van der Waals surface area contributed by atoms with E-state index >= 15 is 0 Å². The van der Waals surface area contributed by atoms with Gasteiger partial charge in [-0.2, -0.15) is 0 Å². The first-order chi connectivity index (χ1) is 12.9. The Morgan fingerprint density at radius 1 is 1.26 bits per heavy atom. The van der Waals surface area contributed by atoms with Crippen LogP contribution in [0.15, 0.2) is 45.6 Å². The number of cyclic esters (lactones) is 1. The number of fused-ring (bicyclic) bond motifs is 1. The van der Waals surface area contributed by atoms with Gasteiger partial charge in [0.25, 0.3) is 0 Å². The van der Waals surface area contributed by atoms with Gasteiger partial charge in [-0.1, -0.05) is 6.58 Å². The number of rotatable bonds is 6. The van der Waals surface area contributed by atoms with Crippen molar-refractivity contribution in [3.8, 4) is 11.5 Å². The minimum Gasteiger partial charge on any atom is -0.490 e. The minimum absolute atomic E-state index is 0.131. The van der Waals surface area contributed by atoms with Gasteiger partial charge in [-0.15, -0.1) is 0 Å². The van der Waals surface area contributed by atoms with Crippen molar-refractivity contribution in [2.24, 2.45) is 0 Å². The predicted molar refractivity (Wildman–Crippen MR) is 96.1 cm³/mol. The summed E-state index contributed by atoms with van der Waals surface area (Å²) in [5.41, 5.74) is -0.0202. The summed E-state index contributed by atoms with van der Waals surface area (Å²) in [7, 11) is 1.49. The van der Waals surface area contributed by atoms with Gasteiger partial charge >= 0.3 is 11.6 Å². The Morgan fingerprint density at radius 2 is 2.04 bits per heavy atom. The lowest BCUT2D eigenvalue weighted by Gasteiger charge is -2.13. The van der Waals surface area contributed by atoms with Gasteiger partial charge in [0, 0.05) is 29.9 Å². The molecule has 0 N–H and O–H groups in total. The van der Waals surface area contributed by atoms with Gasteiger partial charge in [0.15, 0.2) is 11.3 Å². The fourth-order valence-corrected chi connectivity index (χ4v) is 3.44. The van der Waals surface area contributed by atoms with Gasteiger partial charge in [0.05, 0.1) is 12.7 Å². The molecular weight excluding hydrogens is 352 g/mol. The van der Waals surface area contributed by atoms with E-state index in [4.69, 9.17) is 23.4 Å². The van der Waals surface area contributed by atoms with Crippen LogP contribution in [0.25, 0.3) is 11.0 Å². The molecule has 1 aromatic heterocycles. The number of epoxide rings is 1. The van der Waals surface area contributed by atoms with Crippen molar-refractivity contribution < 1.29 is 28.2 Å². The molecule has 0 radical (unpaired) electrons. The van der Waals surface area contributed by atoms with Gasteiger partial charge in [-0.05, 0) is 25.1 Å². The van der Waals surface area contributed by atoms with E-state index in [-0.39, 0.29) is 18.2 Å². The monoisotopic (exact) mass is 372 g/mol. The molecule has 7 nitrogen and oxygen atoms in total. The lowest BCUT2D eigenvalue weighted by atomic mass is 9.98. The van der Waals surface area contributed by atoms with Crippen LogP contribution < -0.4 is 15.1 Å². The summed E-state index contributed by atoms with van der Waals surface area (Å²) in [6, 6.07) is 6.60. The fourth-order valence-electron chi connectivity index (χ4n) is 3.44. The largest absolute Gasteiger partial charge is 0.490 e. The molecule has 142 valence electrons. The lowest BCUT2D eigenvalue weighted by molar-refractivity contribution is -0.139. The maximum Gasteiger partial charge on any atom is 0.336 e. The quantitative estimate of drug-likeness (QED) is 0.333. The summed E-state index contributed by atoms with van der Waals surface area (Å²) in [6.07, 6.45) is 0.788. The molecule has 2 aliphatic heterocycles. The van der Waals surface area contributed by atoms with E-state index in [0.717, 1.165) is 5.39 Å². The van der Waals surface area contributed by atoms with Crippen molar-refractivity contribution in [3.05, 3.63) is 46.8 Å². The van der Waals surface area contributed by atoms with Crippen LogP contribution in [0.5, 0.6) is 11.5 Å². The topological polar surface area (TPSA) is 87.5 Å². The second kappa shape index (κ2) is 6.42. The van der Waals surface area contributed by atoms with Crippen molar-refractivity contribution in [1.29, 1.82) is 0 Å². The van der Waals surface area contributed by atoms with E-state index in [2.05, 4.69) is 6.58 Å². The molecule has 2 saturated heterocycles. The molecular formula is C20H20O7.